The average Bonchev–Trinajstić information content (AvgIpc) is 2.87. The molecule has 1 saturated heterocycles. The minimum atomic E-state index is -1.12. The molecule has 22 heavy (non-hydrogen) atoms. The summed E-state index contributed by atoms with van der Waals surface area (Å²) in [6, 6.07) is 7.03. The number of likely N-dealkylation sites (tertiary alicyclic amines) is 1. The highest BCUT2D eigenvalue weighted by atomic mass is 16.4. The molecule has 6 heteroatoms. The van der Waals surface area contributed by atoms with Crippen molar-refractivity contribution in [2.24, 2.45) is 0 Å². The number of carbonyl (C=O) groups excluding carboxylic acids is 1. The van der Waals surface area contributed by atoms with E-state index in [2.05, 4.69) is 11.9 Å². The topological polar surface area (TPSA) is 89.9 Å². The lowest BCUT2D eigenvalue weighted by Gasteiger charge is -2.29. The lowest BCUT2D eigenvalue weighted by Crippen LogP contribution is -2.42. The predicted molar refractivity (Wildman–Crippen MR) is 82.3 cm³/mol. The Hall–Kier alpha value is -2.34. The quantitative estimate of drug-likeness (QED) is 0.745. The predicted octanol–water partition coefficient (Wildman–Crippen LogP) is 1.62. The number of rotatable bonds is 6. The molecule has 118 valence electrons. The molecule has 0 aromatic heterocycles. The third kappa shape index (κ3) is 3.46. The van der Waals surface area contributed by atoms with Crippen LogP contribution in [-0.2, 0) is 4.79 Å². The van der Waals surface area contributed by atoms with Crippen molar-refractivity contribution < 1.29 is 19.8 Å². The molecule has 2 atom stereocenters. The second-order valence-electron chi connectivity index (χ2n) is 5.20. The van der Waals surface area contributed by atoms with Gasteiger partial charge in [0.05, 0.1) is 12.1 Å². The van der Waals surface area contributed by atoms with Crippen molar-refractivity contribution in [1.29, 1.82) is 0 Å². The molecular weight excluding hydrogens is 284 g/mol. The molecule has 0 aliphatic carbocycles. The number of hydrogen-bond acceptors (Lipinski definition) is 3. The van der Waals surface area contributed by atoms with E-state index in [4.69, 9.17) is 5.11 Å². The maximum absolute atomic E-state index is 12.0. The highest BCUT2D eigenvalue weighted by Gasteiger charge is 2.36. The first-order valence-electron chi connectivity index (χ1n) is 7.20. The summed E-state index contributed by atoms with van der Waals surface area (Å²) in [6.07, 6.45) is 0.654. The molecule has 1 unspecified atom stereocenters. The molecule has 1 aromatic rings. The van der Waals surface area contributed by atoms with Crippen molar-refractivity contribution in [3.8, 4) is 0 Å². The Labute approximate surface area is 129 Å². The lowest BCUT2D eigenvalue weighted by molar-refractivity contribution is -0.130. The van der Waals surface area contributed by atoms with Gasteiger partial charge in [-0.2, -0.15) is 0 Å². The van der Waals surface area contributed by atoms with E-state index < -0.39 is 12.2 Å². The molecule has 1 heterocycles. The molecule has 6 nitrogen and oxygen atoms in total. The van der Waals surface area contributed by atoms with Gasteiger partial charge in [-0.15, -0.1) is 0 Å². The maximum atomic E-state index is 12.0. The van der Waals surface area contributed by atoms with Crippen LogP contribution in [0.3, 0.4) is 0 Å². The maximum Gasteiger partial charge on any atom is 0.404 e. The van der Waals surface area contributed by atoms with Gasteiger partial charge in [-0.3, -0.25) is 4.79 Å². The second-order valence-corrected chi connectivity index (χ2v) is 5.20. The highest BCUT2D eigenvalue weighted by molar-refractivity contribution is 5.79. The molecule has 1 aromatic carbocycles. The minimum Gasteiger partial charge on any atom is -0.465 e. The van der Waals surface area contributed by atoms with Gasteiger partial charge >= 0.3 is 6.09 Å². The Balaban J connectivity index is 2.13. The number of aliphatic hydroxyl groups is 1. The first-order chi connectivity index (χ1) is 10.5. The van der Waals surface area contributed by atoms with Gasteiger partial charge in [-0.05, 0) is 17.5 Å². The van der Waals surface area contributed by atoms with Gasteiger partial charge in [0.25, 0.3) is 0 Å². The summed E-state index contributed by atoms with van der Waals surface area (Å²) in [4.78, 5) is 24.0. The summed E-state index contributed by atoms with van der Waals surface area (Å²) in [5.41, 5.74) is 1.56. The van der Waals surface area contributed by atoms with E-state index >= 15 is 0 Å². The number of carboxylic acid groups (broad SMARTS) is 1. The second kappa shape index (κ2) is 7.09. The zero-order chi connectivity index (χ0) is 16.1. The number of aliphatic hydroxyl groups excluding tert-OH is 1. The van der Waals surface area contributed by atoms with Crippen molar-refractivity contribution in [2.75, 3.05) is 13.1 Å². The van der Waals surface area contributed by atoms with Crippen LogP contribution in [0, 0.1) is 0 Å². The monoisotopic (exact) mass is 304 g/mol. The summed E-state index contributed by atoms with van der Waals surface area (Å²) >= 11 is 0. The number of hydrogen-bond donors (Lipinski definition) is 3. The smallest absolute Gasteiger partial charge is 0.404 e. The van der Waals surface area contributed by atoms with Gasteiger partial charge in [0.15, 0.2) is 0 Å². The van der Waals surface area contributed by atoms with Crippen LogP contribution >= 0.6 is 0 Å². The Morgan fingerprint density at radius 1 is 1.50 bits per heavy atom. The minimum absolute atomic E-state index is 0.0627. The molecule has 1 aliphatic heterocycles. The van der Waals surface area contributed by atoms with Crippen molar-refractivity contribution in [1.82, 2.24) is 10.2 Å². The Kier molecular flexibility index (Phi) is 5.16. The van der Waals surface area contributed by atoms with Crippen LogP contribution < -0.4 is 5.32 Å². The van der Waals surface area contributed by atoms with Gasteiger partial charge in [-0.1, -0.05) is 36.9 Å². The van der Waals surface area contributed by atoms with Crippen molar-refractivity contribution in [2.45, 2.75) is 25.0 Å². The fourth-order valence-corrected chi connectivity index (χ4v) is 2.83. The first-order valence-corrected chi connectivity index (χ1v) is 7.20. The zero-order valence-electron chi connectivity index (χ0n) is 12.2. The van der Waals surface area contributed by atoms with E-state index in [1.165, 1.54) is 0 Å². The van der Waals surface area contributed by atoms with Gasteiger partial charge < -0.3 is 20.4 Å². The number of nitrogens with zero attached hydrogens (tertiary/aromatic N) is 1. The van der Waals surface area contributed by atoms with Crippen LogP contribution in [-0.4, -0.2) is 46.2 Å². The molecule has 1 fully saturated rings. The Bertz CT molecular complexity index is 573. The fraction of sp³-hybridized carbons (Fsp3) is 0.375. The van der Waals surface area contributed by atoms with Crippen LogP contribution in [0.1, 0.15) is 30.1 Å². The van der Waals surface area contributed by atoms with E-state index in [0.29, 0.717) is 12.8 Å². The number of nitrogens with one attached hydrogen (secondary N) is 1. The first kappa shape index (κ1) is 16.0. The van der Waals surface area contributed by atoms with E-state index in [1.807, 2.05) is 24.3 Å². The highest BCUT2D eigenvalue weighted by Crippen LogP contribution is 2.31. The molecule has 3 N–H and O–H groups in total. The zero-order valence-corrected chi connectivity index (χ0v) is 12.2. The van der Waals surface area contributed by atoms with Crippen LogP contribution in [0.25, 0.3) is 6.08 Å². The van der Waals surface area contributed by atoms with E-state index in [0.717, 1.165) is 11.1 Å². The molecule has 2 rings (SSSR count). The standard InChI is InChI=1S/C16H20N2O4/c1-2-11-5-3-4-6-12(11)15(20)13-7-8-14(19)18(13)10-9-17-16(21)22/h2-6,13,15,17,20H,1,7-10H2,(H,21,22)/t13-,15?/m0/s1. The number of amides is 2. The SMILES string of the molecule is C=Cc1ccccc1C(O)[C@@H]1CCC(=O)N1CCNC(=O)O. The van der Waals surface area contributed by atoms with Gasteiger partial charge in [0.1, 0.15) is 0 Å². The third-order valence-electron chi connectivity index (χ3n) is 3.90. The largest absolute Gasteiger partial charge is 0.465 e. The molecule has 2 amide bonds. The molecule has 0 saturated carbocycles. The number of carbonyl (C=O) groups is 2. The number of benzene rings is 1. The van der Waals surface area contributed by atoms with Gasteiger partial charge in [-0.25, -0.2) is 4.79 Å². The van der Waals surface area contributed by atoms with Crippen molar-refractivity contribution in [3.05, 3.63) is 42.0 Å². The average molecular weight is 304 g/mol. The van der Waals surface area contributed by atoms with E-state index in [-0.39, 0.29) is 25.0 Å². The molecular formula is C16H20N2O4. The summed E-state index contributed by atoms with van der Waals surface area (Å²) < 4.78 is 0. The van der Waals surface area contributed by atoms with Gasteiger partial charge in [0, 0.05) is 19.5 Å². The molecule has 0 radical (unpaired) electrons. The van der Waals surface area contributed by atoms with Gasteiger partial charge in [0.2, 0.25) is 5.91 Å². The molecule has 0 spiro atoms. The van der Waals surface area contributed by atoms with Crippen LogP contribution in [0.15, 0.2) is 30.8 Å². The summed E-state index contributed by atoms with van der Waals surface area (Å²) in [5.74, 6) is -0.0627. The van der Waals surface area contributed by atoms with Crippen molar-refractivity contribution >= 4 is 18.1 Å². The molecule has 1 aliphatic rings. The summed E-state index contributed by atoms with van der Waals surface area (Å²) in [7, 11) is 0. The Morgan fingerprint density at radius 3 is 2.91 bits per heavy atom. The van der Waals surface area contributed by atoms with E-state index in [1.54, 1.807) is 11.0 Å². The normalized spacial score (nSPS) is 19.0. The van der Waals surface area contributed by atoms with Crippen LogP contribution in [0.4, 0.5) is 4.79 Å². The fourth-order valence-electron chi connectivity index (χ4n) is 2.83. The van der Waals surface area contributed by atoms with Crippen LogP contribution in [0.5, 0.6) is 0 Å². The lowest BCUT2D eigenvalue weighted by atomic mass is 9.95. The molecule has 0 bridgehead atoms. The van der Waals surface area contributed by atoms with Crippen molar-refractivity contribution in [3.63, 3.8) is 0 Å². The third-order valence-corrected chi connectivity index (χ3v) is 3.90. The summed E-state index contributed by atoms with van der Waals surface area (Å²) in [5, 5.41) is 21.5. The van der Waals surface area contributed by atoms with E-state index in [9.17, 15) is 14.7 Å². The summed E-state index contributed by atoms with van der Waals surface area (Å²) in [6.45, 7) is 4.14. The Morgan fingerprint density at radius 2 is 2.23 bits per heavy atom. The van der Waals surface area contributed by atoms with Crippen LogP contribution in [0.2, 0.25) is 0 Å².